The Hall–Kier alpha value is -6.90. The van der Waals surface area contributed by atoms with Crippen LogP contribution >= 0.6 is 0 Å². The first kappa shape index (κ1) is 31.8. The molecule has 54 heavy (non-hydrogen) atoms. The Labute approximate surface area is 316 Å². The molecule has 0 fully saturated rings. The van der Waals surface area contributed by atoms with E-state index in [0.717, 1.165) is 23.5 Å². The van der Waals surface area contributed by atoms with Crippen molar-refractivity contribution in [3.8, 4) is 27.9 Å². The molecule has 1 unspecified atom stereocenters. The van der Waals surface area contributed by atoms with Crippen LogP contribution in [0.3, 0.4) is 0 Å². The molecule has 0 bridgehead atoms. The zero-order valence-electron chi connectivity index (χ0n) is 29.9. The molecule has 0 N–H and O–H groups in total. The molecule has 10 rings (SSSR count). The van der Waals surface area contributed by atoms with Crippen LogP contribution < -0.4 is 4.90 Å². The predicted molar refractivity (Wildman–Crippen MR) is 228 cm³/mol. The van der Waals surface area contributed by atoms with Gasteiger partial charge in [-0.3, -0.25) is 0 Å². The molecule has 1 atom stereocenters. The lowest BCUT2D eigenvalue weighted by molar-refractivity contribution is 0.819. The average molecular weight is 691 g/mol. The highest BCUT2D eigenvalue weighted by molar-refractivity contribution is 6.02. The van der Waals surface area contributed by atoms with Gasteiger partial charge in [0, 0.05) is 34.1 Å². The third kappa shape index (κ3) is 5.70. The molecule has 1 aromatic heterocycles. The van der Waals surface area contributed by atoms with Crippen LogP contribution in [0, 0.1) is 0 Å². The molecule has 0 amide bonds. The number of para-hydroxylation sites is 2. The van der Waals surface area contributed by atoms with Crippen LogP contribution in [0.15, 0.2) is 206 Å². The largest absolute Gasteiger partial charge is 0.310 e. The van der Waals surface area contributed by atoms with Crippen LogP contribution in [0.25, 0.3) is 55.7 Å². The highest BCUT2D eigenvalue weighted by Crippen LogP contribution is 2.45. The smallest absolute Gasteiger partial charge is 0.0544 e. The molecular formula is C52H38N2. The second kappa shape index (κ2) is 13.6. The molecule has 2 heteroatoms. The van der Waals surface area contributed by atoms with Crippen molar-refractivity contribution in [1.82, 2.24) is 4.57 Å². The highest BCUT2D eigenvalue weighted by Gasteiger charge is 2.28. The second-order valence-electron chi connectivity index (χ2n) is 14.1. The summed E-state index contributed by atoms with van der Waals surface area (Å²) in [6.45, 7) is 0. The Morgan fingerprint density at radius 1 is 0.444 bits per heavy atom. The van der Waals surface area contributed by atoms with Crippen molar-refractivity contribution < 1.29 is 0 Å². The molecule has 1 aliphatic carbocycles. The van der Waals surface area contributed by atoms with Gasteiger partial charge in [-0.1, -0.05) is 140 Å². The quantitative estimate of drug-likeness (QED) is 0.162. The topological polar surface area (TPSA) is 8.17 Å². The Morgan fingerprint density at radius 2 is 1.02 bits per heavy atom. The Balaban J connectivity index is 1.07. The number of benzene rings is 8. The molecule has 0 radical (unpaired) electrons. The predicted octanol–water partition coefficient (Wildman–Crippen LogP) is 14.1. The minimum Gasteiger partial charge on any atom is -0.310 e. The van der Waals surface area contributed by atoms with Gasteiger partial charge in [0.2, 0.25) is 0 Å². The number of allylic oxidation sites excluding steroid dienone is 1. The van der Waals surface area contributed by atoms with Crippen LogP contribution in [0.4, 0.5) is 17.1 Å². The zero-order chi connectivity index (χ0) is 35.8. The van der Waals surface area contributed by atoms with Crippen molar-refractivity contribution in [3.05, 3.63) is 223 Å². The van der Waals surface area contributed by atoms with Crippen LogP contribution in [0.5, 0.6) is 0 Å². The van der Waals surface area contributed by atoms with Crippen molar-refractivity contribution in [2.24, 2.45) is 0 Å². The summed E-state index contributed by atoms with van der Waals surface area (Å²) < 4.78 is 2.46. The van der Waals surface area contributed by atoms with E-state index >= 15 is 0 Å². The summed E-state index contributed by atoms with van der Waals surface area (Å²) in [5.74, 6) is 0.204. The molecule has 8 aromatic carbocycles. The maximum Gasteiger partial charge on any atom is 0.0544 e. The van der Waals surface area contributed by atoms with E-state index in [2.05, 4.69) is 222 Å². The third-order valence-electron chi connectivity index (χ3n) is 10.9. The fourth-order valence-electron chi connectivity index (χ4n) is 8.36. The van der Waals surface area contributed by atoms with E-state index in [1.807, 2.05) is 0 Å². The van der Waals surface area contributed by atoms with E-state index in [-0.39, 0.29) is 5.92 Å². The van der Waals surface area contributed by atoms with E-state index in [0.29, 0.717) is 0 Å². The van der Waals surface area contributed by atoms with Gasteiger partial charge in [0.15, 0.2) is 0 Å². The van der Waals surface area contributed by atoms with E-state index in [1.54, 1.807) is 0 Å². The number of hydrogen-bond acceptors (Lipinski definition) is 1. The molecule has 1 heterocycles. The number of anilines is 3. The lowest BCUT2D eigenvalue weighted by Gasteiger charge is -2.28. The van der Waals surface area contributed by atoms with E-state index in [1.165, 1.54) is 66.4 Å². The van der Waals surface area contributed by atoms with Crippen LogP contribution in [0.2, 0.25) is 0 Å². The number of aromatic nitrogens is 1. The number of fused-ring (bicyclic) bond motifs is 4. The van der Waals surface area contributed by atoms with E-state index < -0.39 is 0 Å². The van der Waals surface area contributed by atoms with Crippen LogP contribution in [-0.4, -0.2) is 4.57 Å². The van der Waals surface area contributed by atoms with Crippen molar-refractivity contribution in [3.63, 3.8) is 0 Å². The van der Waals surface area contributed by atoms with Gasteiger partial charge in [-0.2, -0.15) is 0 Å². The Kier molecular flexibility index (Phi) is 8.00. The first-order chi connectivity index (χ1) is 26.8. The van der Waals surface area contributed by atoms with Gasteiger partial charge < -0.3 is 9.47 Å². The van der Waals surface area contributed by atoms with Crippen molar-refractivity contribution in [2.45, 2.75) is 12.3 Å². The van der Waals surface area contributed by atoms with Gasteiger partial charge in [-0.05, 0) is 123 Å². The first-order valence-electron chi connectivity index (χ1n) is 18.8. The first-order valence-corrected chi connectivity index (χ1v) is 18.8. The van der Waals surface area contributed by atoms with Gasteiger partial charge in [0.05, 0.1) is 11.2 Å². The minimum absolute atomic E-state index is 0.204. The normalized spacial score (nSPS) is 13.6. The van der Waals surface area contributed by atoms with Gasteiger partial charge in [0.25, 0.3) is 0 Å². The standard InChI is InChI=1S/C52H38N2/c1-4-15-37(16-5-1)39-19-12-20-40(33-39)38-29-31-46(32-30-38)53(44-22-6-2-7-23-44)47-26-13-21-43(34-47)48-27-14-28-50-52(48)49-35-41-17-10-11-18-42(41)36-51(49)54(50)45-24-8-3-9-25-45/h1-26,28-36,48H,27H2. The van der Waals surface area contributed by atoms with Crippen LogP contribution in [-0.2, 0) is 0 Å². The molecule has 2 nitrogen and oxygen atoms in total. The monoisotopic (exact) mass is 690 g/mol. The molecule has 0 spiro atoms. The van der Waals surface area contributed by atoms with Gasteiger partial charge in [0.1, 0.15) is 0 Å². The molecule has 0 saturated carbocycles. The van der Waals surface area contributed by atoms with E-state index in [9.17, 15) is 0 Å². The summed E-state index contributed by atoms with van der Waals surface area (Å²) >= 11 is 0. The summed E-state index contributed by atoms with van der Waals surface area (Å²) in [6, 6.07) is 72.7. The zero-order valence-corrected chi connectivity index (χ0v) is 29.9. The van der Waals surface area contributed by atoms with Crippen molar-refractivity contribution >= 4 is 44.8 Å². The fraction of sp³-hybridized carbons (Fsp3) is 0.0385. The van der Waals surface area contributed by atoms with Gasteiger partial charge in [-0.25, -0.2) is 0 Å². The average Bonchev–Trinajstić information content (AvgIpc) is 3.57. The molecule has 0 saturated heterocycles. The molecular weight excluding hydrogens is 653 g/mol. The third-order valence-corrected chi connectivity index (χ3v) is 10.9. The van der Waals surface area contributed by atoms with Crippen LogP contribution in [0.1, 0.15) is 29.2 Å². The van der Waals surface area contributed by atoms with Crippen molar-refractivity contribution in [1.29, 1.82) is 0 Å². The van der Waals surface area contributed by atoms with E-state index in [4.69, 9.17) is 0 Å². The Morgan fingerprint density at radius 3 is 1.76 bits per heavy atom. The van der Waals surface area contributed by atoms with Gasteiger partial charge >= 0.3 is 0 Å². The summed E-state index contributed by atoms with van der Waals surface area (Å²) in [5, 5.41) is 3.85. The molecule has 1 aliphatic rings. The summed E-state index contributed by atoms with van der Waals surface area (Å²) in [7, 11) is 0. The lowest BCUT2D eigenvalue weighted by atomic mass is 9.83. The summed E-state index contributed by atoms with van der Waals surface area (Å²) in [4.78, 5) is 2.38. The second-order valence-corrected chi connectivity index (χ2v) is 14.1. The number of nitrogens with zero attached hydrogens (tertiary/aromatic N) is 2. The number of hydrogen-bond donors (Lipinski definition) is 0. The minimum atomic E-state index is 0.204. The Bertz CT molecular complexity index is 2780. The fourth-order valence-corrected chi connectivity index (χ4v) is 8.36. The van der Waals surface area contributed by atoms with Crippen molar-refractivity contribution in [2.75, 3.05) is 4.90 Å². The maximum atomic E-state index is 2.46. The molecule has 0 aliphatic heterocycles. The summed E-state index contributed by atoms with van der Waals surface area (Å²) in [6.07, 6.45) is 5.64. The molecule has 9 aromatic rings. The maximum absolute atomic E-state index is 2.46. The van der Waals surface area contributed by atoms with Gasteiger partial charge in [-0.15, -0.1) is 0 Å². The summed E-state index contributed by atoms with van der Waals surface area (Å²) in [5.41, 5.74) is 14.7. The number of rotatable bonds is 7. The SMILES string of the molecule is C1=Cc2c(c3cc4ccccc4cc3n2-c2ccccc2)C(c2cccc(N(c3ccccc3)c3ccc(-c4cccc(-c5ccccc5)c4)cc3)c2)C1. The highest BCUT2D eigenvalue weighted by atomic mass is 15.1. The molecule has 256 valence electrons. The lowest BCUT2D eigenvalue weighted by Crippen LogP contribution is -2.12.